The van der Waals surface area contributed by atoms with Crippen molar-refractivity contribution in [1.29, 1.82) is 0 Å². The van der Waals surface area contributed by atoms with Crippen LogP contribution in [0.5, 0.6) is 0 Å². The smallest absolute Gasteiger partial charge is 0.208 e. The van der Waals surface area contributed by atoms with Crippen molar-refractivity contribution >= 4 is 26.0 Å². The number of halogens is 1. The van der Waals surface area contributed by atoms with E-state index in [1.54, 1.807) is 12.1 Å². The number of rotatable bonds is 5. The van der Waals surface area contributed by atoms with Gasteiger partial charge in [0.2, 0.25) is 10.0 Å². The summed E-state index contributed by atoms with van der Waals surface area (Å²) >= 11 is 3.33. The average molecular weight is 318 g/mol. The molecule has 17 heavy (non-hydrogen) atoms. The minimum absolute atomic E-state index is 0.140. The molecule has 0 spiro atoms. The predicted octanol–water partition coefficient (Wildman–Crippen LogP) is 2.66. The second kappa shape index (κ2) is 5.08. The SMILES string of the molecule is CCC1CC1NS(=O)(=O)c1ccc(CBr)cc1. The molecule has 1 fully saturated rings. The van der Waals surface area contributed by atoms with E-state index in [0.717, 1.165) is 23.7 Å². The Hall–Kier alpha value is -0.390. The molecular formula is C12H16BrNO2S. The average Bonchev–Trinajstić information content (AvgIpc) is 3.07. The van der Waals surface area contributed by atoms with Gasteiger partial charge >= 0.3 is 0 Å². The summed E-state index contributed by atoms with van der Waals surface area (Å²) in [6, 6.07) is 7.10. The molecule has 0 amide bonds. The Labute approximate surface area is 111 Å². The molecule has 3 nitrogen and oxygen atoms in total. The number of hydrogen-bond acceptors (Lipinski definition) is 2. The van der Waals surface area contributed by atoms with E-state index in [2.05, 4.69) is 27.6 Å². The van der Waals surface area contributed by atoms with Crippen molar-refractivity contribution in [3.8, 4) is 0 Å². The van der Waals surface area contributed by atoms with Crippen molar-refractivity contribution in [2.75, 3.05) is 0 Å². The van der Waals surface area contributed by atoms with Crippen molar-refractivity contribution in [1.82, 2.24) is 4.72 Å². The number of sulfonamides is 1. The van der Waals surface area contributed by atoms with Crippen molar-refractivity contribution in [3.05, 3.63) is 29.8 Å². The summed E-state index contributed by atoms with van der Waals surface area (Å²) in [7, 11) is -3.33. The van der Waals surface area contributed by atoms with Crippen LogP contribution in [-0.4, -0.2) is 14.5 Å². The molecule has 0 aliphatic heterocycles. The van der Waals surface area contributed by atoms with Gasteiger partial charge in [-0.2, -0.15) is 0 Å². The fourth-order valence-corrected chi connectivity index (χ4v) is 3.56. The van der Waals surface area contributed by atoms with E-state index in [1.165, 1.54) is 0 Å². The lowest BCUT2D eigenvalue weighted by Gasteiger charge is -2.06. The van der Waals surface area contributed by atoms with Crippen molar-refractivity contribution in [3.63, 3.8) is 0 Å². The Balaban J connectivity index is 2.09. The van der Waals surface area contributed by atoms with Crippen LogP contribution in [0.3, 0.4) is 0 Å². The molecule has 1 aliphatic rings. The summed E-state index contributed by atoms with van der Waals surface area (Å²) < 4.78 is 26.8. The summed E-state index contributed by atoms with van der Waals surface area (Å²) in [6.07, 6.45) is 2.00. The van der Waals surface area contributed by atoms with E-state index in [0.29, 0.717) is 10.8 Å². The molecule has 0 heterocycles. The fraction of sp³-hybridized carbons (Fsp3) is 0.500. The predicted molar refractivity (Wildman–Crippen MR) is 71.6 cm³/mol. The fourth-order valence-electron chi connectivity index (χ4n) is 1.87. The van der Waals surface area contributed by atoms with Crippen LogP contribution in [0.15, 0.2) is 29.2 Å². The molecule has 94 valence electrons. The molecule has 1 aromatic carbocycles. The van der Waals surface area contributed by atoms with Crippen LogP contribution < -0.4 is 4.72 Å². The van der Waals surface area contributed by atoms with Gasteiger partial charge in [-0.05, 0) is 30.0 Å². The first-order valence-corrected chi connectivity index (χ1v) is 8.34. The highest BCUT2D eigenvalue weighted by atomic mass is 79.9. The third kappa shape index (κ3) is 3.09. The van der Waals surface area contributed by atoms with E-state index in [1.807, 2.05) is 12.1 Å². The van der Waals surface area contributed by atoms with E-state index in [-0.39, 0.29) is 6.04 Å². The van der Waals surface area contributed by atoms with Gasteiger partial charge in [0.05, 0.1) is 4.90 Å². The molecule has 2 rings (SSSR count). The van der Waals surface area contributed by atoms with Crippen molar-refractivity contribution in [2.24, 2.45) is 5.92 Å². The Morgan fingerprint density at radius 2 is 2.00 bits per heavy atom. The van der Waals surface area contributed by atoms with Crippen molar-refractivity contribution < 1.29 is 8.42 Å². The van der Waals surface area contributed by atoms with Crippen LogP contribution in [0, 0.1) is 5.92 Å². The van der Waals surface area contributed by atoms with E-state index >= 15 is 0 Å². The molecular weight excluding hydrogens is 302 g/mol. The van der Waals surface area contributed by atoms with Gasteiger partial charge < -0.3 is 0 Å². The second-order valence-electron chi connectivity index (χ2n) is 4.41. The van der Waals surface area contributed by atoms with Gasteiger partial charge in [-0.15, -0.1) is 0 Å². The number of alkyl halides is 1. The lowest BCUT2D eigenvalue weighted by Crippen LogP contribution is -2.27. The number of nitrogens with one attached hydrogen (secondary N) is 1. The monoisotopic (exact) mass is 317 g/mol. The lowest BCUT2D eigenvalue weighted by molar-refractivity contribution is 0.576. The van der Waals surface area contributed by atoms with Gasteiger partial charge in [-0.1, -0.05) is 41.4 Å². The molecule has 1 N–H and O–H groups in total. The van der Waals surface area contributed by atoms with Crippen LogP contribution >= 0.6 is 15.9 Å². The summed E-state index contributed by atoms with van der Waals surface area (Å²) in [5.41, 5.74) is 1.07. The molecule has 0 aromatic heterocycles. The van der Waals surface area contributed by atoms with E-state index in [4.69, 9.17) is 0 Å². The first kappa shape index (κ1) is 13.1. The van der Waals surface area contributed by atoms with Crippen LogP contribution in [-0.2, 0) is 15.4 Å². The molecule has 0 bridgehead atoms. The number of hydrogen-bond donors (Lipinski definition) is 1. The maximum absolute atomic E-state index is 12.0. The van der Waals surface area contributed by atoms with Gasteiger partial charge in [-0.25, -0.2) is 13.1 Å². The molecule has 5 heteroatoms. The van der Waals surface area contributed by atoms with Gasteiger partial charge in [0, 0.05) is 11.4 Å². The van der Waals surface area contributed by atoms with Gasteiger partial charge in [0.25, 0.3) is 0 Å². The normalized spacial score (nSPS) is 23.6. The molecule has 2 atom stereocenters. The van der Waals surface area contributed by atoms with Crippen LogP contribution in [0.25, 0.3) is 0 Å². The lowest BCUT2D eigenvalue weighted by atomic mass is 10.2. The highest BCUT2D eigenvalue weighted by molar-refractivity contribution is 9.08. The zero-order chi connectivity index (χ0) is 12.5. The third-order valence-corrected chi connectivity index (χ3v) is 5.29. The molecule has 1 saturated carbocycles. The Bertz CT molecular complexity index is 484. The van der Waals surface area contributed by atoms with Crippen LogP contribution in [0.4, 0.5) is 0 Å². The summed E-state index contributed by atoms with van der Waals surface area (Å²) in [5.74, 6) is 0.520. The first-order chi connectivity index (χ1) is 8.06. The van der Waals surface area contributed by atoms with Crippen molar-refractivity contribution in [2.45, 2.75) is 36.0 Å². The summed E-state index contributed by atoms with van der Waals surface area (Å²) in [5, 5.41) is 0.737. The van der Waals surface area contributed by atoms with Crippen LogP contribution in [0.2, 0.25) is 0 Å². The van der Waals surface area contributed by atoms with Gasteiger partial charge in [-0.3, -0.25) is 0 Å². The molecule has 0 saturated heterocycles. The Kier molecular flexibility index (Phi) is 3.90. The first-order valence-electron chi connectivity index (χ1n) is 5.74. The largest absolute Gasteiger partial charge is 0.240 e. The Morgan fingerprint density at radius 1 is 1.35 bits per heavy atom. The van der Waals surface area contributed by atoms with E-state index < -0.39 is 10.0 Å². The maximum atomic E-state index is 12.0. The molecule has 2 unspecified atom stereocenters. The molecule has 0 radical (unpaired) electrons. The second-order valence-corrected chi connectivity index (χ2v) is 6.68. The summed E-state index contributed by atoms with van der Waals surface area (Å²) in [6.45, 7) is 2.09. The quantitative estimate of drug-likeness (QED) is 0.849. The topological polar surface area (TPSA) is 46.2 Å². The standard InChI is InChI=1S/C12H16BrNO2S/c1-2-10-7-12(10)14-17(15,16)11-5-3-9(8-13)4-6-11/h3-6,10,12,14H,2,7-8H2,1H3. The minimum Gasteiger partial charge on any atom is -0.208 e. The molecule has 1 aromatic rings. The van der Waals surface area contributed by atoms with Gasteiger partial charge in [0.15, 0.2) is 0 Å². The highest BCUT2D eigenvalue weighted by Gasteiger charge is 2.38. The highest BCUT2D eigenvalue weighted by Crippen LogP contribution is 2.34. The van der Waals surface area contributed by atoms with Crippen LogP contribution in [0.1, 0.15) is 25.3 Å². The molecule has 1 aliphatic carbocycles. The zero-order valence-corrected chi connectivity index (χ0v) is 12.1. The zero-order valence-electron chi connectivity index (χ0n) is 9.69. The van der Waals surface area contributed by atoms with Gasteiger partial charge in [0.1, 0.15) is 0 Å². The minimum atomic E-state index is -3.33. The number of benzene rings is 1. The maximum Gasteiger partial charge on any atom is 0.240 e. The van der Waals surface area contributed by atoms with E-state index in [9.17, 15) is 8.42 Å². The summed E-state index contributed by atoms with van der Waals surface area (Å²) in [4.78, 5) is 0.351. The Morgan fingerprint density at radius 3 is 2.47 bits per heavy atom. The third-order valence-electron chi connectivity index (χ3n) is 3.14.